The first-order valence-electron chi connectivity index (χ1n) is 36.0. The fraction of sp³-hybridized carbons (Fsp3) is 0.140. The quantitative estimate of drug-likeness (QED) is 0.0512. The Morgan fingerprint density at radius 2 is 0.424 bits per heavy atom. The van der Waals surface area contributed by atoms with E-state index in [1.807, 2.05) is 0 Å². The molecule has 0 bridgehead atoms. The van der Waals surface area contributed by atoms with Crippen molar-refractivity contribution in [3.63, 3.8) is 0 Å². The van der Waals surface area contributed by atoms with Gasteiger partial charge in [-0.05, 0) is 139 Å². The van der Waals surface area contributed by atoms with Crippen molar-refractivity contribution in [1.29, 1.82) is 42.1 Å². The highest BCUT2D eigenvalue weighted by Gasteiger charge is 2.73. The van der Waals surface area contributed by atoms with E-state index >= 15 is 65.9 Å². The molecule has 0 saturated heterocycles. The van der Waals surface area contributed by atoms with Crippen molar-refractivity contribution in [3.05, 3.63) is 317 Å². The van der Waals surface area contributed by atoms with Gasteiger partial charge in [-0.25, -0.2) is 79.0 Å². The fourth-order valence-electron chi connectivity index (χ4n) is 17.0. The average molecular weight is 2020 g/mol. The largest absolute Gasteiger partial charge is 0.523 e. The smallest absolute Gasteiger partial charge is 0.203 e. The summed E-state index contributed by atoms with van der Waals surface area (Å²) in [5.41, 5.74) is -46.1. The van der Waals surface area contributed by atoms with E-state index in [2.05, 4.69) is 29.1 Å². The Morgan fingerprint density at radius 3 is 0.647 bits per heavy atom. The molecule has 0 atom stereocenters. The molecule has 0 amide bonds. The zero-order chi connectivity index (χ0) is 105. The van der Waals surface area contributed by atoms with Crippen molar-refractivity contribution in [1.82, 2.24) is 0 Å². The summed E-state index contributed by atoms with van der Waals surface area (Å²) in [6, 6.07) is 7.93. The number of nitriles is 8. The Bertz CT molecular complexity index is 8290. The number of rotatable bonds is 6. The molecule has 0 spiro atoms. The number of fused-ring (bicyclic) bond motifs is 6. The van der Waals surface area contributed by atoms with Crippen LogP contribution in [0.2, 0.25) is 0 Å². The molecular formula is C86H21F37N14S2. The predicted octanol–water partition coefficient (Wildman–Crippen LogP) is 23.5. The summed E-state index contributed by atoms with van der Waals surface area (Å²) < 4.78 is 549. The van der Waals surface area contributed by atoms with Gasteiger partial charge < -0.3 is 0 Å². The molecule has 0 N–H and O–H groups in total. The first-order valence-corrected chi connectivity index (χ1v) is 39.9. The molecule has 0 saturated carbocycles. The fourth-order valence-corrected chi connectivity index (χ4v) is 19.6. The van der Waals surface area contributed by atoms with Crippen molar-refractivity contribution in [2.45, 2.75) is 87.6 Å². The van der Waals surface area contributed by atoms with Gasteiger partial charge in [0, 0.05) is 40.8 Å². The number of nitrogens with zero attached hydrogens (tertiary/aromatic N) is 14. The van der Waals surface area contributed by atoms with Gasteiger partial charge in [-0.3, -0.25) is 0 Å². The van der Waals surface area contributed by atoms with Gasteiger partial charge in [0.1, 0.15) is 126 Å². The lowest BCUT2D eigenvalue weighted by molar-refractivity contribution is -0.0704. The molecule has 53 heteroatoms. The van der Waals surface area contributed by atoms with E-state index in [1.165, 1.54) is 12.1 Å². The number of hydrogen-bond donors (Lipinski definition) is 0. The zero-order valence-corrected chi connectivity index (χ0v) is 68.4. The molecule has 14 nitrogen and oxygen atoms in total. The van der Waals surface area contributed by atoms with Crippen LogP contribution in [0.4, 0.5) is 157 Å². The number of allylic oxidation sites excluding steroid dienone is 9. The second-order valence-corrected chi connectivity index (χ2v) is 33.9. The minimum Gasteiger partial charge on any atom is -0.203 e. The molecule has 706 valence electrons. The molecule has 0 aliphatic heterocycles. The lowest BCUT2D eigenvalue weighted by atomic mass is 9.85. The van der Waals surface area contributed by atoms with Gasteiger partial charge in [0.15, 0.2) is 93.1 Å². The van der Waals surface area contributed by atoms with Crippen LogP contribution >= 0.6 is 20.4 Å². The minimum atomic E-state index is -11.6. The highest BCUT2D eigenvalue weighted by molar-refractivity contribution is 8.46. The Kier molecular flexibility index (Phi) is 24.2. The zero-order valence-electron chi connectivity index (χ0n) is 66.8. The van der Waals surface area contributed by atoms with Crippen LogP contribution in [-0.4, -0.2) is 18.5 Å². The second-order valence-electron chi connectivity index (χ2n) is 29.2. The number of hydrogen-bond acceptors (Lipinski definition) is 8. The van der Waals surface area contributed by atoms with Gasteiger partial charge >= 0.3 is 56.4 Å². The van der Waals surface area contributed by atoms with Crippen LogP contribution in [0, 0.1) is 235 Å². The third kappa shape index (κ3) is 15.9. The van der Waals surface area contributed by atoms with Crippen LogP contribution in [0.15, 0.2) is 77.4 Å². The SMILES string of the molecule is [C-]#[N+]C([N+]#[C-])=C1Cc2c(-c3c(F)c(F)c(C#N)c(F)c3F)c3c(c(-c4c(F)c(F)c(C#N)c(F)c4F)c2=C1C)CC(=C(C#N)C#N)C=3C(F)(F)F.[C-]#[N+]C([N+]#[C-])=C1Cc2c(-c3c(F)c(F)c(F)c(F)c3F)c3c(c(-c4c(F)c(F)c(F)c(F)c4F)c2=C1C)CC(=C(C#N)C#N)C=3C(F)(F)F.[C-]#[N+]C([N+]#[C-])=C1Cc2c(S(F)(F)(F)(F)F)c3c(c(S(F)(F)(F)(F)F)c2=C1C)CC(=C(C#N)C#N)C=3C(F)(F)F. The van der Waals surface area contributed by atoms with Crippen molar-refractivity contribution in [2.24, 2.45) is 0 Å². The number of alkyl halides is 9. The Balaban J connectivity index is 0.000000202. The van der Waals surface area contributed by atoms with Crippen LogP contribution in [0.3, 0.4) is 0 Å². The Hall–Kier alpha value is -16.8. The van der Waals surface area contributed by atoms with E-state index in [0.717, 1.165) is 50.3 Å². The molecule has 0 unspecified atom stereocenters. The Labute approximate surface area is 747 Å². The van der Waals surface area contributed by atoms with Gasteiger partial charge in [-0.2, -0.15) is 111 Å². The highest BCUT2D eigenvalue weighted by Crippen LogP contribution is 3.04. The molecule has 6 aliphatic rings. The molecule has 7 aromatic rings. The van der Waals surface area contributed by atoms with E-state index in [1.54, 1.807) is 0 Å². The third-order valence-electron chi connectivity index (χ3n) is 22.1. The van der Waals surface area contributed by atoms with E-state index in [-0.39, 0.29) is 0 Å². The standard InChI is InChI=1S/C34H7F11N6.C32H7F13N4.C20H7F13N4S2/c1-10-12(33(50-2)51-3)4-14-18(10)19(22-29(39)25(35)16(8-48)26(36)30(22)40)15-5-13(11(6-46)7-47)24(34(43,44)45)21(15)20(14)23-31(41)27(37)17(9-49)28(38)32(23)42;1-8-10(31(48-2)49-3)4-12-14(8)15(18-21(33)25(37)29(41)26(38)22(18)34)13-5-11(9(6-46)7-47)20(32(43,44)45)17(13)16(12)19-23(35)27(39)30(42)28(40)24(19)36;1-8-10(19(36-2)37-3)4-12-14(8)17(38(24,25,26,27)28)13-5-11(9(6-34)7-35)16(20(21,22)23)15(13)18(12)39(29,30,31,32)33/h4-5H2,1H3;4-5H2,1H3;4-5H2,1H3. The van der Waals surface area contributed by atoms with Crippen molar-refractivity contribution < 1.29 is 157 Å². The van der Waals surface area contributed by atoms with E-state index < -0.39 is 413 Å². The van der Waals surface area contributed by atoms with Gasteiger partial charge in [0.25, 0.3) is 0 Å². The van der Waals surface area contributed by atoms with Crippen molar-refractivity contribution in [2.75, 3.05) is 0 Å². The first kappa shape index (κ1) is 103. The maximum absolute atomic E-state index is 15.8. The summed E-state index contributed by atoms with van der Waals surface area (Å²) in [5.74, 6) is -48.7. The summed E-state index contributed by atoms with van der Waals surface area (Å²) in [6.07, 6.45) is -26.8. The average Bonchev–Trinajstić information content (AvgIpc) is 1.53. The van der Waals surface area contributed by atoms with E-state index in [4.69, 9.17) is 60.5 Å². The van der Waals surface area contributed by atoms with E-state index in [0.29, 0.717) is 6.92 Å². The molecule has 13 rings (SSSR count). The van der Waals surface area contributed by atoms with Gasteiger partial charge in [0.05, 0.1) is 55.7 Å². The molecule has 0 heterocycles. The number of benzene rings is 7. The maximum Gasteiger partial charge on any atom is 0.523 e. The van der Waals surface area contributed by atoms with Crippen molar-refractivity contribution >= 4 is 53.9 Å². The van der Waals surface area contributed by atoms with Gasteiger partial charge in [-0.1, -0.05) is 38.9 Å². The monoisotopic (exact) mass is 2020 g/mol. The van der Waals surface area contributed by atoms with Crippen LogP contribution in [0.5, 0.6) is 0 Å². The lowest BCUT2D eigenvalue weighted by Crippen LogP contribution is -2.35. The molecule has 6 aliphatic carbocycles. The van der Waals surface area contributed by atoms with Crippen LogP contribution in [-0.2, 0) is 38.5 Å². The number of halogens is 37. The second kappa shape index (κ2) is 32.7. The van der Waals surface area contributed by atoms with E-state index in [9.17, 15) is 113 Å². The first-order chi connectivity index (χ1) is 63.9. The normalized spacial score (nSPS) is 14.8. The summed E-state index contributed by atoms with van der Waals surface area (Å²) in [6.45, 7) is 45.5. The van der Waals surface area contributed by atoms with Gasteiger partial charge in [0.2, 0.25) is 11.6 Å². The maximum atomic E-state index is 15.8. The van der Waals surface area contributed by atoms with Crippen LogP contribution in [0.1, 0.15) is 65.3 Å². The van der Waals surface area contributed by atoms with Crippen molar-refractivity contribution in [3.8, 4) is 93.1 Å². The van der Waals surface area contributed by atoms with Crippen LogP contribution in [0.25, 0.3) is 107 Å². The molecule has 0 radical (unpaired) electrons. The molecule has 7 aromatic carbocycles. The molecule has 0 aromatic heterocycles. The summed E-state index contributed by atoms with van der Waals surface area (Å²) in [5, 5.41) is 64.1. The predicted molar refractivity (Wildman–Crippen MR) is 404 cm³/mol. The summed E-state index contributed by atoms with van der Waals surface area (Å²) >= 11 is 0. The molecular weight excluding hydrogens is 2000 g/mol. The topological polar surface area (TPSA) is 216 Å². The molecule has 0 fully saturated rings. The summed E-state index contributed by atoms with van der Waals surface area (Å²) in [4.78, 5) is 9.92. The highest BCUT2D eigenvalue weighted by atomic mass is 32.5. The third-order valence-corrected chi connectivity index (χ3v) is 24.5. The summed E-state index contributed by atoms with van der Waals surface area (Å²) in [7, 11) is -23.0. The van der Waals surface area contributed by atoms with Gasteiger partial charge in [-0.15, -0.1) is 0 Å². The minimum absolute atomic E-state index is 0.419. The molecule has 139 heavy (non-hydrogen) atoms. The Morgan fingerprint density at radius 1 is 0.245 bits per heavy atom. The lowest BCUT2D eigenvalue weighted by Gasteiger charge is -2.45. The van der Waals surface area contributed by atoms with Crippen LogP contribution < -0.4 is 31.3 Å².